The van der Waals surface area contributed by atoms with Gasteiger partial charge in [0.05, 0.1) is 5.48 Å². The van der Waals surface area contributed by atoms with Gasteiger partial charge in [-0.2, -0.15) is 0 Å². The van der Waals surface area contributed by atoms with Crippen molar-refractivity contribution in [3.05, 3.63) is 65.8 Å². The molecule has 0 spiro atoms. The average molecular weight is 360 g/mol. The molecule has 1 aliphatic rings. The van der Waals surface area contributed by atoms with E-state index in [1.165, 1.54) is 17.2 Å². The zero-order valence-corrected chi connectivity index (χ0v) is 16.2. The SMILES string of the molecule is [2H]c1cc(-c2nccc3c2oc2cc4c(cc23)C(C)(C)CCC4(C)C)c([2H])c([2H])c1[2H]. The number of furan rings is 1. The smallest absolute Gasteiger partial charge is 0.161 e. The number of aromatic nitrogens is 1. The van der Waals surface area contributed by atoms with E-state index in [2.05, 4.69) is 44.8 Å². The lowest BCUT2D eigenvalue weighted by molar-refractivity contribution is 0.332. The summed E-state index contributed by atoms with van der Waals surface area (Å²) in [5, 5.41) is 1.93. The highest BCUT2D eigenvalue weighted by Gasteiger charge is 2.37. The number of hydrogen-bond acceptors (Lipinski definition) is 2. The van der Waals surface area contributed by atoms with Gasteiger partial charge in [-0.05, 0) is 53.0 Å². The topological polar surface area (TPSA) is 26.0 Å². The van der Waals surface area contributed by atoms with Crippen LogP contribution in [-0.2, 0) is 10.8 Å². The van der Waals surface area contributed by atoms with Gasteiger partial charge in [-0.3, -0.25) is 4.98 Å². The van der Waals surface area contributed by atoms with E-state index in [0.717, 1.165) is 29.2 Å². The molecule has 2 aromatic carbocycles. The third-order valence-electron chi connectivity index (χ3n) is 6.16. The van der Waals surface area contributed by atoms with Gasteiger partial charge < -0.3 is 4.42 Å². The summed E-state index contributed by atoms with van der Waals surface area (Å²) in [5.74, 6) is 0. The van der Waals surface area contributed by atoms with Gasteiger partial charge >= 0.3 is 0 Å². The minimum atomic E-state index is -0.267. The first-order valence-electron chi connectivity index (χ1n) is 11.5. The Hall–Kier alpha value is -2.61. The molecule has 1 aliphatic carbocycles. The number of rotatable bonds is 1. The van der Waals surface area contributed by atoms with Crippen LogP contribution >= 0.6 is 0 Å². The van der Waals surface area contributed by atoms with E-state index >= 15 is 0 Å². The molecule has 2 nitrogen and oxygen atoms in total. The second-order valence-electron chi connectivity index (χ2n) is 8.88. The minimum Gasteiger partial charge on any atom is -0.454 e. The van der Waals surface area contributed by atoms with Gasteiger partial charge in [0, 0.05) is 22.5 Å². The van der Waals surface area contributed by atoms with E-state index < -0.39 is 0 Å². The molecule has 0 fully saturated rings. The Labute approximate surface area is 165 Å². The molecule has 0 bridgehead atoms. The van der Waals surface area contributed by atoms with Crippen LogP contribution < -0.4 is 0 Å². The highest BCUT2D eigenvalue weighted by Crippen LogP contribution is 2.48. The molecule has 27 heavy (non-hydrogen) atoms. The summed E-state index contributed by atoms with van der Waals surface area (Å²) in [6.45, 7) is 9.15. The van der Waals surface area contributed by atoms with E-state index in [1.807, 2.05) is 6.07 Å². The number of pyridine rings is 1. The molecule has 4 aromatic rings. The molecule has 0 unspecified atom stereocenters. The fraction of sp³-hybridized carbons (Fsp3) is 0.320. The Balaban J connectivity index is 1.84. The summed E-state index contributed by atoms with van der Waals surface area (Å²) < 4.78 is 38.5. The second-order valence-corrected chi connectivity index (χ2v) is 8.88. The molecular weight excluding hydrogens is 330 g/mol. The summed E-state index contributed by atoms with van der Waals surface area (Å²) in [7, 11) is 0. The maximum absolute atomic E-state index is 8.35. The fourth-order valence-electron chi connectivity index (χ4n) is 4.36. The first-order chi connectivity index (χ1) is 14.5. The average Bonchev–Trinajstić information content (AvgIpc) is 3.10. The number of hydrogen-bond donors (Lipinski definition) is 0. The summed E-state index contributed by atoms with van der Waals surface area (Å²) in [6.07, 6.45) is 3.93. The number of benzene rings is 2. The van der Waals surface area contributed by atoms with E-state index in [-0.39, 0.29) is 35.0 Å². The van der Waals surface area contributed by atoms with Crippen molar-refractivity contribution in [1.82, 2.24) is 4.98 Å². The molecular formula is C25H25NO. The number of fused-ring (bicyclic) bond motifs is 4. The van der Waals surface area contributed by atoms with Crippen molar-refractivity contribution in [2.75, 3.05) is 0 Å². The third-order valence-corrected chi connectivity index (χ3v) is 6.16. The highest BCUT2D eigenvalue weighted by atomic mass is 16.3. The van der Waals surface area contributed by atoms with Crippen molar-refractivity contribution in [2.45, 2.75) is 51.4 Å². The number of nitrogens with zero attached hydrogens (tertiary/aromatic N) is 1. The summed E-state index contributed by atoms with van der Waals surface area (Å²) in [4.78, 5) is 4.46. The second kappa shape index (κ2) is 5.45. The predicted octanol–water partition coefficient (Wildman–Crippen LogP) is 7.00. The van der Waals surface area contributed by atoms with E-state index in [4.69, 9.17) is 9.90 Å². The molecule has 0 radical (unpaired) electrons. The van der Waals surface area contributed by atoms with Crippen molar-refractivity contribution in [3.8, 4) is 11.3 Å². The maximum atomic E-state index is 8.35. The highest BCUT2D eigenvalue weighted by molar-refractivity contribution is 6.09. The normalized spacial score (nSPS) is 20.0. The molecule has 2 aromatic heterocycles. The van der Waals surface area contributed by atoms with Crippen molar-refractivity contribution >= 4 is 21.9 Å². The predicted molar refractivity (Wildman–Crippen MR) is 112 cm³/mol. The first-order valence-corrected chi connectivity index (χ1v) is 9.45. The molecule has 0 N–H and O–H groups in total. The lowest BCUT2D eigenvalue weighted by Gasteiger charge is -2.41. The van der Waals surface area contributed by atoms with E-state index in [0.29, 0.717) is 16.8 Å². The van der Waals surface area contributed by atoms with Gasteiger partial charge in [-0.1, -0.05) is 57.9 Å². The third kappa shape index (κ3) is 2.43. The molecule has 0 amide bonds. The van der Waals surface area contributed by atoms with Gasteiger partial charge in [-0.15, -0.1) is 0 Å². The largest absolute Gasteiger partial charge is 0.454 e. The Morgan fingerprint density at radius 1 is 0.926 bits per heavy atom. The molecule has 0 atom stereocenters. The van der Waals surface area contributed by atoms with Crippen LogP contribution in [0.4, 0.5) is 0 Å². The zero-order valence-electron chi connectivity index (χ0n) is 20.2. The van der Waals surface area contributed by atoms with Crippen molar-refractivity contribution in [2.24, 2.45) is 0 Å². The minimum absolute atomic E-state index is 0.0671. The summed E-state index contributed by atoms with van der Waals surface area (Å²) >= 11 is 0. The molecule has 2 heterocycles. The van der Waals surface area contributed by atoms with Crippen LogP contribution in [0.25, 0.3) is 33.2 Å². The van der Waals surface area contributed by atoms with Gasteiger partial charge in [-0.25, -0.2) is 0 Å². The molecule has 2 heteroatoms. The Morgan fingerprint density at radius 2 is 1.67 bits per heavy atom. The van der Waals surface area contributed by atoms with Crippen molar-refractivity contribution < 1.29 is 9.90 Å². The molecule has 5 rings (SSSR count). The quantitative estimate of drug-likeness (QED) is 0.366. The Kier molecular flexibility index (Phi) is 2.57. The molecule has 0 saturated heterocycles. The van der Waals surface area contributed by atoms with Crippen LogP contribution in [0.3, 0.4) is 0 Å². The standard InChI is InChI=1S/C25H25NO/c1-24(2)11-12-25(3,4)20-15-21-18(14-19(20)24)17-10-13-26-22(23(17)27-21)16-8-6-5-7-9-16/h5-10,13-15H,11-12H2,1-4H3/i5D,6D,7D,8D. The fourth-order valence-corrected chi connectivity index (χ4v) is 4.36. The lowest BCUT2D eigenvalue weighted by Crippen LogP contribution is -2.33. The van der Waals surface area contributed by atoms with Gasteiger partial charge in [0.15, 0.2) is 5.58 Å². The summed E-state index contributed by atoms with van der Waals surface area (Å²) in [6, 6.07) is 7.06. The zero-order chi connectivity index (χ0) is 22.3. The molecule has 0 saturated carbocycles. The van der Waals surface area contributed by atoms with E-state index in [1.54, 1.807) is 6.20 Å². The molecule has 136 valence electrons. The van der Waals surface area contributed by atoms with Gasteiger partial charge in [0.2, 0.25) is 0 Å². The van der Waals surface area contributed by atoms with Crippen LogP contribution in [-0.4, -0.2) is 4.98 Å². The lowest BCUT2D eigenvalue weighted by atomic mass is 9.63. The van der Waals surface area contributed by atoms with Crippen molar-refractivity contribution in [1.29, 1.82) is 0 Å². The van der Waals surface area contributed by atoms with Crippen LogP contribution in [0.1, 0.15) is 57.1 Å². The monoisotopic (exact) mass is 359 g/mol. The first kappa shape index (κ1) is 12.7. The summed E-state index contributed by atoms with van der Waals surface area (Å²) in [5.41, 5.74) is 4.94. The van der Waals surface area contributed by atoms with Crippen LogP contribution in [0.2, 0.25) is 0 Å². The van der Waals surface area contributed by atoms with Gasteiger partial charge in [0.25, 0.3) is 0 Å². The van der Waals surface area contributed by atoms with Crippen LogP contribution in [0.15, 0.2) is 59.0 Å². The Bertz CT molecular complexity index is 1380. The van der Waals surface area contributed by atoms with Crippen molar-refractivity contribution in [3.63, 3.8) is 0 Å². The van der Waals surface area contributed by atoms with Gasteiger partial charge in [0.1, 0.15) is 11.3 Å². The molecule has 0 aliphatic heterocycles. The van der Waals surface area contributed by atoms with Crippen LogP contribution in [0, 0.1) is 0 Å². The Morgan fingerprint density at radius 3 is 2.44 bits per heavy atom. The van der Waals surface area contributed by atoms with E-state index in [9.17, 15) is 0 Å². The maximum Gasteiger partial charge on any atom is 0.161 e. The van der Waals surface area contributed by atoms with Crippen LogP contribution in [0.5, 0.6) is 0 Å².